The highest BCUT2D eigenvalue weighted by Crippen LogP contribution is 2.21. The first-order valence-corrected chi connectivity index (χ1v) is 8.18. The molecule has 0 heterocycles. The van der Waals surface area contributed by atoms with E-state index >= 15 is 0 Å². The number of aliphatic hydroxyl groups excluding tert-OH is 1. The first kappa shape index (κ1) is 24.8. The van der Waals surface area contributed by atoms with Crippen molar-refractivity contribution in [1.82, 2.24) is 0 Å². The zero-order valence-corrected chi connectivity index (χ0v) is 15.4. The number of hydrogen-bond acceptors (Lipinski definition) is 9. The summed E-state index contributed by atoms with van der Waals surface area (Å²) in [7, 11) is 0. The van der Waals surface area contributed by atoms with Gasteiger partial charge in [0.15, 0.2) is 6.10 Å². The third kappa shape index (κ3) is 9.48. The standard InChI is InChI=1S/C19H24O9/c1-5-15(21)25-11-13(9-10-20)19(28-18(24)8-4)14(27-17(23)7-3)12-26-16(22)6-2/h5-8,13-14,19-20H,1-4,9-12H2. The molecule has 0 radical (unpaired) electrons. The normalized spacial score (nSPS) is 13.0. The van der Waals surface area contributed by atoms with E-state index in [0.29, 0.717) is 0 Å². The summed E-state index contributed by atoms with van der Waals surface area (Å²) in [4.78, 5) is 46.2. The fourth-order valence-electron chi connectivity index (χ4n) is 2.03. The molecule has 0 aromatic carbocycles. The molecule has 3 unspecified atom stereocenters. The van der Waals surface area contributed by atoms with Crippen molar-refractivity contribution in [2.75, 3.05) is 19.8 Å². The van der Waals surface area contributed by atoms with Crippen molar-refractivity contribution in [3.05, 3.63) is 50.6 Å². The molecule has 9 heteroatoms. The smallest absolute Gasteiger partial charge is 0.330 e. The summed E-state index contributed by atoms with van der Waals surface area (Å²) in [6.45, 7) is 11.9. The van der Waals surface area contributed by atoms with Crippen molar-refractivity contribution in [3.63, 3.8) is 0 Å². The lowest BCUT2D eigenvalue weighted by atomic mass is 9.95. The van der Waals surface area contributed by atoms with E-state index in [2.05, 4.69) is 26.3 Å². The van der Waals surface area contributed by atoms with Crippen LogP contribution < -0.4 is 0 Å². The Morgan fingerprint density at radius 3 is 1.68 bits per heavy atom. The lowest BCUT2D eigenvalue weighted by molar-refractivity contribution is -0.177. The van der Waals surface area contributed by atoms with Crippen molar-refractivity contribution < 1.29 is 43.2 Å². The Morgan fingerprint density at radius 2 is 1.21 bits per heavy atom. The molecule has 0 amide bonds. The molecule has 0 spiro atoms. The minimum absolute atomic E-state index is 0.0110. The second-order valence-corrected chi connectivity index (χ2v) is 5.23. The van der Waals surface area contributed by atoms with Gasteiger partial charge in [0.1, 0.15) is 12.7 Å². The van der Waals surface area contributed by atoms with Gasteiger partial charge in [0.05, 0.1) is 6.61 Å². The van der Waals surface area contributed by atoms with Gasteiger partial charge in [-0.25, -0.2) is 19.2 Å². The number of aliphatic hydroxyl groups is 1. The van der Waals surface area contributed by atoms with Crippen LogP contribution in [0.4, 0.5) is 0 Å². The van der Waals surface area contributed by atoms with E-state index in [1.807, 2.05) is 0 Å². The lowest BCUT2D eigenvalue weighted by Gasteiger charge is -2.31. The minimum Gasteiger partial charge on any atom is -0.462 e. The molecule has 0 fully saturated rings. The van der Waals surface area contributed by atoms with Gasteiger partial charge in [0, 0.05) is 36.8 Å². The highest BCUT2D eigenvalue weighted by atomic mass is 16.6. The molecule has 0 aliphatic rings. The molecule has 0 saturated heterocycles. The lowest BCUT2D eigenvalue weighted by Crippen LogP contribution is -2.45. The Balaban J connectivity index is 5.74. The van der Waals surface area contributed by atoms with E-state index in [1.165, 1.54) is 0 Å². The van der Waals surface area contributed by atoms with E-state index in [-0.39, 0.29) is 19.6 Å². The second kappa shape index (κ2) is 13.9. The van der Waals surface area contributed by atoms with Gasteiger partial charge in [0.25, 0.3) is 0 Å². The van der Waals surface area contributed by atoms with Crippen LogP contribution >= 0.6 is 0 Å². The Hall–Kier alpha value is -3.20. The first-order chi connectivity index (χ1) is 13.3. The quantitative estimate of drug-likeness (QED) is 0.256. The summed E-state index contributed by atoms with van der Waals surface area (Å²) in [5.74, 6) is -4.08. The molecular weight excluding hydrogens is 372 g/mol. The Bertz CT molecular complexity index is 609. The average molecular weight is 396 g/mol. The van der Waals surface area contributed by atoms with Crippen LogP contribution in [0.1, 0.15) is 6.42 Å². The van der Waals surface area contributed by atoms with E-state index < -0.39 is 48.6 Å². The highest BCUT2D eigenvalue weighted by molar-refractivity contribution is 5.83. The van der Waals surface area contributed by atoms with E-state index in [1.54, 1.807) is 0 Å². The number of ether oxygens (including phenoxy) is 4. The highest BCUT2D eigenvalue weighted by Gasteiger charge is 2.36. The van der Waals surface area contributed by atoms with Gasteiger partial charge in [-0.15, -0.1) is 0 Å². The van der Waals surface area contributed by atoms with Gasteiger partial charge in [-0.3, -0.25) is 0 Å². The molecule has 0 aliphatic heterocycles. The van der Waals surface area contributed by atoms with Crippen LogP contribution in [0.3, 0.4) is 0 Å². The molecule has 3 atom stereocenters. The molecule has 1 N–H and O–H groups in total. The fraction of sp³-hybridized carbons (Fsp3) is 0.368. The third-order valence-corrected chi connectivity index (χ3v) is 3.35. The Labute approximate surface area is 162 Å². The second-order valence-electron chi connectivity index (χ2n) is 5.23. The summed E-state index contributed by atoms with van der Waals surface area (Å²) in [5, 5.41) is 9.32. The van der Waals surface area contributed by atoms with Crippen LogP contribution in [0.2, 0.25) is 0 Å². The molecule has 0 rings (SSSR count). The monoisotopic (exact) mass is 396 g/mol. The average Bonchev–Trinajstić information content (AvgIpc) is 2.71. The van der Waals surface area contributed by atoms with Crippen LogP contribution in [0.25, 0.3) is 0 Å². The molecular formula is C19H24O9. The van der Waals surface area contributed by atoms with E-state index in [9.17, 15) is 24.3 Å². The zero-order valence-electron chi connectivity index (χ0n) is 15.4. The Morgan fingerprint density at radius 1 is 0.750 bits per heavy atom. The molecule has 9 nitrogen and oxygen atoms in total. The number of carbonyl (C=O) groups is 4. The van der Waals surface area contributed by atoms with Crippen LogP contribution in [0.15, 0.2) is 50.6 Å². The number of hydrogen-bond donors (Lipinski definition) is 1. The SMILES string of the molecule is C=CC(=O)OCC(CCO)C(OC(=O)C=C)C(COC(=O)C=C)OC(=O)C=C. The van der Waals surface area contributed by atoms with E-state index in [0.717, 1.165) is 24.3 Å². The summed E-state index contributed by atoms with van der Waals surface area (Å²) < 4.78 is 20.2. The number of esters is 4. The van der Waals surface area contributed by atoms with Gasteiger partial charge >= 0.3 is 23.9 Å². The summed E-state index contributed by atoms with van der Waals surface area (Å²) in [6, 6.07) is 0. The summed E-state index contributed by atoms with van der Waals surface area (Å²) in [6.07, 6.45) is 1.07. The molecule has 28 heavy (non-hydrogen) atoms. The maximum absolute atomic E-state index is 11.8. The first-order valence-electron chi connectivity index (χ1n) is 8.18. The zero-order chi connectivity index (χ0) is 21.5. The van der Waals surface area contributed by atoms with Crippen molar-refractivity contribution >= 4 is 23.9 Å². The van der Waals surface area contributed by atoms with Crippen molar-refractivity contribution in [2.45, 2.75) is 18.6 Å². The predicted molar refractivity (Wildman–Crippen MR) is 97.7 cm³/mol. The van der Waals surface area contributed by atoms with Gasteiger partial charge in [-0.05, 0) is 6.42 Å². The van der Waals surface area contributed by atoms with Crippen LogP contribution in [-0.2, 0) is 38.1 Å². The molecule has 154 valence electrons. The van der Waals surface area contributed by atoms with Crippen LogP contribution in [0, 0.1) is 5.92 Å². The largest absolute Gasteiger partial charge is 0.462 e. The van der Waals surface area contributed by atoms with Crippen molar-refractivity contribution in [2.24, 2.45) is 5.92 Å². The molecule has 0 aromatic heterocycles. The van der Waals surface area contributed by atoms with Crippen LogP contribution in [-0.4, -0.2) is 61.0 Å². The topological polar surface area (TPSA) is 125 Å². The van der Waals surface area contributed by atoms with Crippen molar-refractivity contribution in [3.8, 4) is 0 Å². The van der Waals surface area contributed by atoms with E-state index in [4.69, 9.17) is 18.9 Å². The molecule has 0 bridgehead atoms. The summed E-state index contributed by atoms with van der Waals surface area (Å²) >= 11 is 0. The van der Waals surface area contributed by atoms with Gasteiger partial charge < -0.3 is 24.1 Å². The van der Waals surface area contributed by atoms with Gasteiger partial charge in [-0.1, -0.05) is 26.3 Å². The maximum Gasteiger partial charge on any atom is 0.330 e. The predicted octanol–water partition coefficient (Wildman–Crippen LogP) is 0.639. The molecule has 0 aliphatic carbocycles. The minimum atomic E-state index is -1.28. The third-order valence-electron chi connectivity index (χ3n) is 3.35. The van der Waals surface area contributed by atoms with Crippen molar-refractivity contribution in [1.29, 1.82) is 0 Å². The maximum atomic E-state index is 11.8. The summed E-state index contributed by atoms with van der Waals surface area (Å²) in [5.41, 5.74) is 0. The number of rotatable bonds is 14. The molecule has 0 aromatic rings. The molecule has 0 saturated carbocycles. The fourth-order valence-corrected chi connectivity index (χ4v) is 2.03. The number of carbonyl (C=O) groups excluding carboxylic acids is 4. The van der Waals surface area contributed by atoms with Gasteiger partial charge in [0.2, 0.25) is 0 Å². The van der Waals surface area contributed by atoms with Crippen LogP contribution in [0.5, 0.6) is 0 Å². The van der Waals surface area contributed by atoms with Gasteiger partial charge in [-0.2, -0.15) is 0 Å². The Kier molecular flexibility index (Phi) is 12.3.